The number of rotatable bonds is 12. The highest BCUT2D eigenvalue weighted by Gasteiger charge is 2.47. The summed E-state index contributed by atoms with van der Waals surface area (Å²) in [7, 11) is 1.15. The van der Waals surface area contributed by atoms with Gasteiger partial charge in [0.2, 0.25) is 6.29 Å². The first-order valence-electron chi connectivity index (χ1n) is 15.2. The maximum atomic E-state index is 13.1. The highest BCUT2D eigenvalue weighted by Crippen LogP contribution is 2.36. The number of methoxy groups -OCH3 is 1. The summed E-state index contributed by atoms with van der Waals surface area (Å²) in [6, 6.07) is 6.39. The van der Waals surface area contributed by atoms with Crippen LogP contribution in [0.15, 0.2) is 47.7 Å². The second-order valence-electron chi connectivity index (χ2n) is 11.3. The largest absolute Gasteiger partial charge is 0.468 e. The molecule has 0 aliphatic carbocycles. The SMILES string of the molecule is C/C=C1/[C@H](O[C@@H]2O[C@H](CO)[C@@H](O)[C@H](O)[C@H]2O)OC=C(C(=O)OC)[C@H]1CC(=O)Oc1ccc(CCO[C@@H]2O[C@H](CO)[C@@H](O)[C@H](O)[C@H]2O)cc1. The lowest BCUT2D eigenvalue weighted by Crippen LogP contribution is -2.60. The molecule has 3 heterocycles. The second-order valence-corrected chi connectivity index (χ2v) is 11.3. The summed E-state index contributed by atoms with van der Waals surface area (Å²) in [5, 5.41) is 79.3. The molecule has 2 fully saturated rings. The predicted octanol–water partition coefficient (Wildman–Crippen LogP) is -2.87. The smallest absolute Gasteiger partial charge is 0.337 e. The average Bonchev–Trinajstić information content (AvgIpc) is 3.08. The molecule has 0 spiro atoms. The fourth-order valence-electron chi connectivity index (χ4n) is 5.49. The van der Waals surface area contributed by atoms with E-state index in [-0.39, 0.29) is 29.9 Å². The Morgan fingerprint density at radius 1 is 0.833 bits per heavy atom. The van der Waals surface area contributed by atoms with Gasteiger partial charge in [-0.15, -0.1) is 0 Å². The molecule has 8 N–H and O–H groups in total. The van der Waals surface area contributed by atoms with Gasteiger partial charge in [0.25, 0.3) is 0 Å². The lowest BCUT2D eigenvalue weighted by molar-refractivity contribution is -0.327. The molecule has 0 unspecified atom stereocenters. The van der Waals surface area contributed by atoms with Crippen LogP contribution >= 0.6 is 0 Å². The van der Waals surface area contributed by atoms with E-state index in [1.54, 1.807) is 19.1 Å². The third kappa shape index (κ3) is 8.57. The normalized spacial score (nSPS) is 36.2. The molecular formula is C31H42O17. The lowest BCUT2D eigenvalue weighted by atomic mass is 9.86. The van der Waals surface area contributed by atoms with Crippen molar-refractivity contribution >= 4 is 11.9 Å². The summed E-state index contributed by atoms with van der Waals surface area (Å²) in [5.41, 5.74) is 0.997. The standard InChI is InChI=1S/C31H42O17/c1-3-16-17(18(28(41)42-2)13-44-29(16)48-31-27(40)25(38)23(36)20(12-33)47-31)10-21(34)45-15-6-4-14(5-7-15)8-9-43-30-26(39)24(37)22(35)19(11-32)46-30/h3-7,13,17,19-20,22-27,29-33,35-40H,8-12H2,1-2H3/b16-3+/t17-,19+,20+,22+,23+,24-,25-,26+,27+,29-,30+,31-/m0/s1. The van der Waals surface area contributed by atoms with Crippen molar-refractivity contribution in [3.05, 3.63) is 53.3 Å². The highest BCUT2D eigenvalue weighted by molar-refractivity contribution is 5.91. The van der Waals surface area contributed by atoms with Crippen molar-refractivity contribution in [3.8, 4) is 5.75 Å². The predicted molar refractivity (Wildman–Crippen MR) is 157 cm³/mol. The van der Waals surface area contributed by atoms with Crippen LogP contribution in [0.25, 0.3) is 0 Å². The van der Waals surface area contributed by atoms with Gasteiger partial charge >= 0.3 is 11.9 Å². The molecule has 4 rings (SSSR count). The number of benzene rings is 1. The Labute approximate surface area is 275 Å². The fourth-order valence-corrected chi connectivity index (χ4v) is 5.49. The Hall–Kier alpha value is -3.04. The quantitative estimate of drug-likeness (QED) is 0.0624. The summed E-state index contributed by atoms with van der Waals surface area (Å²) < 4.78 is 37.9. The van der Waals surface area contributed by atoms with E-state index >= 15 is 0 Å². The van der Waals surface area contributed by atoms with Crippen molar-refractivity contribution in [2.24, 2.45) is 5.92 Å². The molecule has 0 radical (unpaired) electrons. The molecule has 17 nitrogen and oxygen atoms in total. The molecule has 48 heavy (non-hydrogen) atoms. The summed E-state index contributed by atoms with van der Waals surface area (Å²) in [4.78, 5) is 25.7. The van der Waals surface area contributed by atoms with Crippen LogP contribution in [0.4, 0.5) is 0 Å². The molecule has 0 aromatic heterocycles. The van der Waals surface area contributed by atoms with Crippen molar-refractivity contribution in [2.45, 2.75) is 87.5 Å². The molecule has 1 aromatic rings. The first-order chi connectivity index (χ1) is 22.9. The van der Waals surface area contributed by atoms with Crippen molar-refractivity contribution in [1.29, 1.82) is 0 Å². The van der Waals surface area contributed by atoms with Crippen molar-refractivity contribution < 1.29 is 83.6 Å². The number of carbonyl (C=O) groups excluding carboxylic acids is 2. The minimum atomic E-state index is -1.72. The van der Waals surface area contributed by atoms with Gasteiger partial charge in [-0.2, -0.15) is 0 Å². The van der Waals surface area contributed by atoms with Gasteiger partial charge in [-0.1, -0.05) is 18.2 Å². The van der Waals surface area contributed by atoms with E-state index in [1.807, 2.05) is 0 Å². The third-order valence-corrected chi connectivity index (χ3v) is 8.28. The molecule has 3 aliphatic rings. The number of allylic oxidation sites excluding steroid dienone is 1. The molecule has 12 atom stereocenters. The van der Waals surface area contributed by atoms with Crippen molar-refractivity contribution in [3.63, 3.8) is 0 Å². The van der Waals surface area contributed by atoms with Gasteiger partial charge in [-0.3, -0.25) is 4.79 Å². The first kappa shape index (κ1) is 37.8. The van der Waals surface area contributed by atoms with Gasteiger partial charge in [0.15, 0.2) is 12.6 Å². The zero-order valence-electron chi connectivity index (χ0n) is 26.2. The summed E-state index contributed by atoms with van der Waals surface area (Å²) in [6.45, 7) is 0.393. The number of carbonyl (C=O) groups is 2. The van der Waals surface area contributed by atoms with Gasteiger partial charge < -0.3 is 74.0 Å². The van der Waals surface area contributed by atoms with Crippen LogP contribution in [-0.2, 0) is 44.4 Å². The van der Waals surface area contributed by atoms with Gasteiger partial charge in [0.05, 0.1) is 45.2 Å². The second kappa shape index (κ2) is 17.1. The molecule has 0 bridgehead atoms. The average molecular weight is 687 g/mol. The molecule has 0 saturated carbocycles. The van der Waals surface area contributed by atoms with E-state index in [1.165, 1.54) is 18.2 Å². The van der Waals surface area contributed by atoms with Crippen LogP contribution in [0.5, 0.6) is 5.75 Å². The maximum Gasteiger partial charge on any atom is 0.337 e. The van der Waals surface area contributed by atoms with E-state index in [9.17, 15) is 50.4 Å². The molecule has 3 aliphatic heterocycles. The third-order valence-electron chi connectivity index (χ3n) is 8.28. The van der Waals surface area contributed by atoms with E-state index in [2.05, 4.69) is 0 Å². The van der Waals surface area contributed by atoms with Crippen LogP contribution < -0.4 is 4.74 Å². The molecule has 0 amide bonds. The van der Waals surface area contributed by atoms with Crippen LogP contribution in [-0.4, -0.2) is 147 Å². The summed E-state index contributed by atoms with van der Waals surface area (Å²) >= 11 is 0. The number of ether oxygens (including phenoxy) is 7. The summed E-state index contributed by atoms with van der Waals surface area (Å²) in [5.74, 6) is -2.29. The molecule has 2 saturated heterocycles. The number of hydrogen-bond acceptors (Lipinski definition) is 17. The highest BCUT2D eigenvalue weighted by atomic mass is 16.8. The van der Waals surface area contributed by atoms with E-state index in [4.69, 9.17) is 33.2 Å². The zero-order chi connectivity index (χ0) is 35.1. The Bertz CT molecular complexity index is 1280. The van der Waals surface area contributed by atoms with Crippen LogP contribution in [0.3, 0.4) is 0 Å². The fraction of sp³-hybridized carbons (Fsp3) is 0.613. The molecule has 17 heteroatoms. The van der Waals surface area contributed by atoms with Gasteiger partial charge in [-0.25, -0.2) is 4.79 Å². The topological polar surface area (TPSA) is 261 Å². The van der Waals surface area contributed by atoms with Gasteiger partial charge in [0, 0.05) is 11.5 Å². The minimum Gasteiger partial charge on any atom is -0.468 e. The first-order valence-corrected chi connectivity index (χ1v) is 15.2. The molecule has 1 aromatic carbocycles. The Balaban J connectivity index is 1.36. The monoisotopic (exact) mass is 686 g/mol. The molecular weight excluding hydrogens is 644 g/mol. The van der Waals surface area contributed by atoms with Crippen LogP contribution in [0, 0.1) is 5.92 Å². The number of aliphatic hydroxyl groups is 8. The Kier molecular flexibility index (Phi) is 13.4. The van der Waals surface area contributed by atoms with E-state index in [0.717, 1.165) is 18.9 Å². The van der Waals surface area contributed by atoms with Crippen LogP contribution in [0.2, 0.25) is 0 Å². The minimum absolute atomic E-state index is 0.0223. The Morgan fingerprint density at radius 2 is 1.42 bits per heavy atom. The number of hydrogen-bond donors (Lipinski definition) is 8. The number of aliphatic hydroxyl groups excluding tert-OH is 8. The van der Waals surface area contributed by atoms with Gasteiger partial charge in [-0.05, 0) is 31.0 Å². The zero-order valence-corrected chi connectivity index (χ0v) is 26.2. The van der Waals surface area contributed by atoms with Crippen molar-refractivity contribution in [1.82, 2.24) is 0 Å². The van der Waals surface area contributed by atoms with E-state index < -0.39 is 98.8 Å². The Morgan fingerprint density at radius 3 is 1.98 bits per heavy atom. The maximum absolute atomic E-state index is 13.1. The number of esters is 2. The molecule has 268 valence electrons. The van der Waals surface area contributed by atoms with Crippen LogP contribution in [0.1, 0.15) is 18.9 Å². The van der Waals surface area contributed by atoms with Crippen molar-refractivity contribution in [2.75, 3.05) is 26.9 Å². The van der Waals surface area contributed by atoms with Gasteiger partial charge in [0.1, 0.15) is 54.6 Å². The van der Waals surface area contributed by atoms with E-state index in [0.29, 0.717) is 6.42 Å². The summed E-state index contributed by atoms with van der Waals surface area (Å²) in [6.07, 6.45) is -13.5. The lowest BCUT2D eigenvalue weighted by Gasteiger charge is -2.41.